The Kier molecular flexibility index (Phi) is 3.40. The molecule has 1 aromatic rings. The second kappa shape index (κ2) is 4.95. The molecular weight excluding hydrogens is 274 g/mol. The van der Waals surface area contributed by atoms with E-state index in [-0.39, 0.29) is 5.92 Å². The SMILES string of the molecule is COc1cccc(Cl)c1C(O)C1(C#N)CC2CCC1C2. The van der Waals surface area contributed by atoms with Crippen molar-refractivity contribution in [3.63, 3.8) is 0 Å². The van der Waals surface area contributed by atoms with Crippen LogP contribution in [0.4, 0.5) is 0 Å². The van der Waals surface area contributed by atoms with E-state index in [2.05, 4.69) is 6.07 Å². The zero-order chi connectivity index (χ0) is 14.3. The van der Waals surface area contributed by atoms with Crippen molar-refractivity contribution >= 4 is 11.6 Å². The van der Waals surface area contributed by atoms with Gasteiger partial charge < -0.3 is 9.84 Å². The fourth-order valence-electron chi connectivity index (χ4n) is 4.12. The van der Waals surface area contributed by atoms with Crippen LogP contribution in [0.15, 0.2) is 18.2 Å². The van der Waals surface area contributed by atoms with Gasteiger partial charge in [-0.05, 0) is 43.2 Å². The summed E-state index contributed by atoms with van der Waals surface area (Å²) in [5, 5.41) is 21.1. The van der Waals surface area contributed by atoms with E-state index in [0.29, 0.717) is 22.3 Å². The number of ether oxygens (including phenoxy) is 1. The summed E-state index contributed by atoms with van der Waals surface area (Å²) < 4.78 is 5.32. The highest BCUT2D eigenvalue weighted by molar-refractivity contribution is 6.31. The molecule has 0 saturated heterocycles. The Morgan fingerprint density at radius 2 is 2.30 bits per heavy atom. The lowest BCUT2D eigenvalue weighted by Crippen LogP contribution is -2.33. The van der Waals surface area contributed by atoms with E-state index in [9.17, 15) is 10.4 Å². The Morgan fingerprint density at radius 1 is 1.50 bits per heavy atom. The zero-order valence-corrected chi connectivity index (χ0v) is 12.2. The summed E-state index contributed by atoms with van der Waals surface area (Å²) in [6.45, 7) is 0. The molecule has 2 bridgehead atoms. The molecule has 20 heavy (non-hydrogen) atoms. The van der Waals surface area contributed by atoms with E-state index in [1.807, 2.05) is 0 Å². The first-order chi connectivity index (χ1) is 9.62. The first-order valence-corrected chi connectivity index (χ1v) is 7.42. The lowest BCUT2D eigenvalue weighted by Gasteiger charge is -2.36. The van der Waals surface area contributed by atoms with Crippen LogP contribution in [-0.4, -0.2) is 12.2 Å². The Labute approximate surface area is 124 Å². The molecule has 0 spiro atoms. The molecule has 2 saturated carbocycles. The minimum Gasteiger partial charge on any atom is -0.496 e. The highest BCUT2D eigenvalue weighted by Crippen LogP contribution is 2.61. The minimum atomic E-state index is -0.883. The molecule has 4 unspecified atom stereocenters. The Bertz CT molecular complexity index is 568. The maximum Gasteiger partial charge on any atom is 0.126 e. The molecule has 106 valence electrons. The second-order valence-corrected chi connectivity index (χ2v) is 6.40. The average molecular weight is 292 g/mol. The van der Waals surface area contributed by atoms with Crippen molar-refractivity contribution in [1.29, 1.82) is 5.26 Å². The second-order valence-electron chi connectivity index (χ2n) is 5.99. The first-order valence-electron chi connectivity index (χ1n) is 7.04. The van der Waals surface area contributed by atoms with Gasteiger partial charge >= 0.3 is 0 Å². The largest absolute Gasteiger partial charge is 0.496 e. The van der Waals surface area contributed by atoms with Gasteiger partial charge in [0.15, 0.2) is 0 Å². The summed E-state index contributed by atoms with van der Waals surface area (Å²) in [7, 11) is 1.56. The number of aliphatic hydroxyl groups excluding tert-OH is 1. The van der Waals surface area contributed by atoms with E-state index >= 15 is 0 Å². The van der Waals surface area contributed by atoms with Crippen molar-refractivity contribution in [3.05, 3.63) is 28.8 Å². The van der Waals surface area contributed by atoms with Gasteiger partial charge in [0.25, 0.3) is 0 Å². The molecule has 3 rings (SSSR count). The number of methoxy groups -OCH3 is 1. The number of halogens is 1. The molecular formula is C16H18ClNO2. The van der Waals surface area contributed by atoms with Crippen LogP contribution in [0.25, 0.3) is 0 Å². The van der Waals surface area contributed by atoms with Crippen LogP contribution in [0, 0.1) is 28.6 Å². The van der Waals surface area contributed by atoms with Crippen LogP contribution in [0.2, 0.25) is 5.02 Å². The summed E-state index contributed by atoms with van der Waals surface area (Å²) >= 11 is 6.25. The minimum absolute atomic E-state index is 0.272. The maximum atomic E-state index is 10.9. The lowest BCUT2D eigenvalue weighted by molar-refractivity contribution is 0.0218. The third-order valence-electron chi connectivity index (χ3n) is 5.10. The van der Waals surface area contributed by atoms with Gasteiger partial charge in [-0.15, -0.1) is 0 Å². The number of hydrogen-bond acceptors (Lipinski definition) is 3. The highest BCUT2D eigenvalue weighted by atomic mass is 35.5. The molecule has 0 amide bonds. The van der Waals surface area contributed by atoms with Crippen LogP contribution in [0.3, 0.4) is 0 Å². The molecule has 4 atom stereocenters. The maximum absolute atomic E-state index is 10.9. The van der Waals surface area contributed by atoms with Gasteiger partial charge in [-0.3, -0.25) is 0 Å². The number of nitriles is 1. The van der Waals surface area contributed by atoms with Crippen LogP contribution in [0.5, 0.6) is 5.75 Å². The smallest absolute Gasteiger partial charge is 0.126 e. The van der Waals surface area contributed by atoms with Crippen LogP contribution in [-0.2, 0) is 0 Å². The molecule has 2 aliphatic carbocycles. The number of hydrogen-bond donors (Lipinski definition) is 1. The Hall–Kier alpha value is -1.24. The van der Waals surface area contributed by atoms with Gasteiger partial charge in [0.2, 0.25) is 0 Å². The van der Waals surface area contributed by atoms with Gasteiger partial charge in [-0.2, -0.15) is 5.26 Å². The summed E-state index contributed by atoms with van der Waals surface area (Å²) in [5.74, 6) is 1.40. The van der Waals surface area contributed by atoms with Crippen LogP contribution >= 0.6 is 11.6 Å². The molecule has 0 radical (unpaired) electrons. The number of fused-ring (bicyclic) bond motifs is 2. The average Bonchev–Trinajstić information content (AvgIpc) is 3.07. The number of aliphatic hydroxyl groups is 1. The van der Waals surface area contributed by atoms with Crippen molar-refractivity contribution in [1.82, 2.24) is 0 Å². The monoisotopic (exact) mass is 291 g/mol. The summed E-state index contributed by atoms with van der Waals surface area (Å²) in [4.78, 5) is 0. The van der Waals surface area contributed by atoms with Gasteiger partial charge in [-0.25, -0.2) is 0 Å². The molecule has 0 aliphatic heterocycles. The summed E-state index contributed by atoms with van der Waals surface area (Å²) in [5.41, 5.74) is -0.146. The van der Waals surface area contributed by atoms with E-state index in [0.717, 1.165) is 19.3 Å². The highest BCUT2D eigenvalue weighted by Gasteiger charge is 2.56. The van der Waals surface area contributed by atoms with Crippen molar-refractivity contribution < 1.29 is 9.84 Å². The van der Waals surface area contributed by atoms with Crippen molar-refractivity contribution in [2.24, 2.45) is 17.3 Å². The van der Waals surface area contributed by atoms with Crippen molar-refractivity contribution in [3.8, 4) is 11.8 Å². The Morgan fingerprint density at radius 3 is 2.85 bits per heavy atom. The van der Waals surface area contributed by atoms with Gasteiger partial charge in [0.1, 0.15) is 11.9 Å². The molecule has 0 heterocycles. The van der Waals surface area contributed by atoms with E-state index in [4.69, 9.17) is 16.3 Å². The molecule has 0 aromatic heterocycles. The molecule has 4 heteroatoms. The molecule has 2 fully saturated rings. The van der Waals surface area contributed by atoms with Crippen molar-refractivity contribution in [2.75, 3.05) is 7.11 Å². The first kappa shape index (κ1) is 13.7. The van der Waals surface area contributed by atoms with Gasteiger partial charge in [0.05, 0.1) is 23.6 Å². The van der Waals surface area contributed by atoms with E-state index in [1.165, 1.54) is 6.42 Å². The topological polar surface area (TPSA) is 53.2 Å². The molecule has 1 aromatic carbocycles. The lowest BCUT2D eigenvalue weighted by atomic mass is 9.68. The van der Waals surface area contributed by atoms with Crippen molar-refractivity contribution in [2.45, 2.75) is 31.8 Å². The van der Waals surface area contributed by atoms with Gasteiger partial charge in [-0.1, -0.05) is 24.1 Å². The fraction of sp³-hybridized carbons (Fsp3) is 0.562. The van der Waals surface area contributed by atoms with Gasteiger partial charge in [0, 0.05) is 5.56 Å². The van der Waals surface area contributed by atoms with Crippen LogP contribution in [0.1, 0.15) is 37.4 Å². The summed E-state index contributed by atoms with van der Waals surface area (Å²) in [6.07, 6.45) is 3.15. The van der Waals surface area contributed by atoms with E-state index in [1.54, 1.807) is 25.3 Å². The summed E-state index contributed by atoms with van der Waals surface area (Å²) in [6, 6.07) is 7.73. The third kappa shape index (κ3) is 1.82. The number of nitrogens with zero attached hydrogens (tertiary/aromatic N) is 1. The predicted molar refractivity (Wildman–Crippen MR) is 76.5 cm³/mol. The third-order valence-corrected chi connectivity index (χ3v) is 5.43. The predicted octanol–water partition coefficient (Wildman–Crippen LogP) is 3.71. The number of rotatable bonds is 3. The number of benzene rings is 1. The molecule has 2 aliphatic rings. The standard InChI is InChI=1S/C16H18ClNO2/c1-20-13-4-2-3-12(17)14(13)15(19)16(9-18)8-10-5-6-11(16)7-10/h2-4,10-11,15,19H,5-8H2,1H3. The molecule has 3 nitrogen and oxygen atoms in total. The quantitative estimate of drug-likeness (QED) is 0.923. The van der Waals surface area contributed by atoms with Crippen LogP contribution < -0.4 is 4.74 Å². The Balaban J connectivity index is 2.05. The van der Waals surface area contributed by atoms with E-state index < -0.39 is 11.5 Å². The fourth-order valence-corrected chi connectivity index (χ4v) is 4.39. The molecule has 1 N–H and O–H groups in total. The normalized spacial score (nSPS) is 32.9. The zero-order valence-electron chi connectivity index (χ0n) is 11.5.